The molecule has 2 aliphatic heterocycles. The molecule has 0 aromatic heterocycles. The molecule has 0 bridgehead atoms. The smallest absolute Gasteiger partial charge is 0.320 e. The highest BCUT2D eigenvalue weighted by molar-refractivity contribution is 5.93. The van der Waals surface area contributed by atoms with E-state index in [1.807, 2.05) is 15.9 Å². The molecule has 3 rings (SSSR count). The molecule has 2 heterocycles. The Bertz CT molecular complexity index is 704. The first-order chi connectivity index (χ1) is 11.6. The molecule has 1 atom stereocenters. The van der Waals surface area contributed by atoms with Crippen LogP contribution in [-0.4, -0.2) is 58.9 Å². The number of amides is 3. The minimum absolute atomic E-state index is 0.0809. The molecule has 0 aliphatic carbocycles. The number of carbonyl (C=O) groups excluding carboxylic acids is 2. The van der Waals surface area contributed by atoms with Crippen molar-refractivity contribution in [2.45, 2.75) is 32.9 Å². The highest BCUT2D eigenvalue weighted by atomic mass is 16.2. The van der Waals surface area contributed by atoms with Crippen molar-refractivity contribution >= 4 is 11.9 Å². The molecular formula is C19H23N3O2. The van der Waals surface area contributed by atoms with Crippen LogP contribution in [0.3, 0.4) is 0 Å². The summed E-state index contributed by atoms with van der Waals surface area (Å²) in [5.74, 6) is 5.09. The number of aryl methyl sites for hydroxylation is 1. The summed E-state index contributed by atoms with van der Waals surface area (Å²) in [5.41, 5.74) is 2.37. The van der Waals surface area contributed by atoms with Gasteiger partial charge in [-0.25, -0.2) is 4.79 Å². The van der Waals surface area contributed by atoms with E-state index in [9.17, 15) is 9.59 Å². The predicted octanol–water partition coefficient (Wildman–Crippen LogP) is 1.86. The Morgan fingerprint density at radius 3 is 2.88 bits per heavy atom. The number of carbonyl (C=O) groups is 2. The highest BCUT2D eigenvalue weighted by Gasteiger charge is 2.37. The summed E-state index contributed by atoms with van der Waals surface area (Å²) in [7, 11) is 0. The third kappa shape index (κ3) is 3.38. The first-order valence-corrected chi connectivity index (χ1v) is 8.41. The lowest BCUT2D eigenvalue weighted by Crippen LogP contribution is -2.41. The number of nitrogens with zero attached hydrogens (tertiary/aromatic N) is 3. The summed E-state index contributed by atoms with van der Waals surface area (Å²) in [5, 5.41) is 0. The second kappa shape index (κ2) is 6.96. The molecule has 5 heteroatoms. The molecule has 2 aliphatic rings. The summed E-state index contributed by atoms with van der Waals surface area (Å²) in [6.07, 6.45) is 0.834. The van der Waals surface area contributed by atoms with E-state index < -0.39 is 0 Å². The number of likely N-dealkylation sites (tertiary alicyclic amines) is 1. The number of rotatable bonds is 3. The van der Waals surface area contributed by atoms with Gasteiger partial charge in [0, 0.05) is 32.7 Å². The van der Waals surface area contributed by atoms with Crippen molar-refractivity contribution in [1.29, 1.82) is 0 Å². The predicted molar refractivity (Wildman–Crippen MR) is 92.1 cm³/mol. The molecule has 0 spiro atoms. The van der Waals surface area contributed by atoms with Gasteiger partial charge in [0.2, 0.25) is 0 Å². The third-order valence-corrected chi connectivity index (χ3v) is 4.71. The van der Waals surface area contributed by atoms with Crippen molar-refractivity contribution in [3.8, 4) is 11.8 Å². The summed E-state index contributed by atoms with van der Waals surface area (Å²) in [4.78, 5) is 30.1. The molecule has 0 saturated carbocycles. The third-order valence-electron chi connectivity index (χ3n) is 4.71. The van der Waals surface area contributed by atoms with E-state index in [0.29, 0.717) is 19.6 Å². The zero-order valence-electron chi connectivity index (χ0n) is 14.3. The van der Waals surface area contributed by atoms with Gasteiger partial charge >= 0.3 is 6.03 Å². The Labute approximate surface area is 143 Å². The SMILES string of the molecule is CC#CC(=O)N1CCC(N2CCN(Cc3cccc(C)c3)C2=O)C1. The zero-order valence-corrected chi connectivity index (χ0v) is 14.3. The van der Waals surface area contributed by atoms with Gasteiger partial charge in [-0.3, -0.25) is 4.79 Å². The maximum Gasteiger partial charge on any atom is 0.320 e. The van der Waals surface area contributed by atoms with Gasteiger partial charge in [0.25, 0.3) is 5.91 Å². The van der Waals surface area contributed by atoms with Crippen LogP contribution in [0.1, 0.15) is 24.5 Å². The second-order valence-corrected chi connectivity index (χ2v) is 6.46. The second-order valence-electron chi connectivity index (χ2n) is 6.46. The average Bonchev–Trinajstić information content (AvgIpc) is 3.16. The number of urea groups is 1. The van der Waals surface area contributed by atoms with Gasteiger partial charge in [0.15, 0.2) is 0 Å². The molecule has 2 fully saturated rings. The van der Waals surface area contributed by atoms with Crippen LogP contribution in [0.15, 0.2) is 24.3 Å². The summed E-state index contributed by atoms with van der Waals surface area (Å²) in [6.45, 7) is 7.12. The van der Waals surface area contributed by atoms with Crippen molar-refractivity contribution in [1.82, 2.24) is 14.7 Å². The standard InChI is InChI=1S/C19H23N3O2/c1-3-5-18(23)20-9-8-17(14-20)22-11-10-21(19(22)24)13-16-7-4-6-15(2)12-16/h4,6-7,12,17H,8-11,13-14H2,1-2H3. The lowest BCUT2D eigenvalue weighted by atomic mass is 10.1. The largest absolute Gasteiger partial charge is 0.330 e. The van der Waals surface area contributed by atoms with E-state index in [1.165, 1.54) is 5.56 Å². The maximum atomic E-state index is 12.7. The fourth-order valence-electron chi connectivity index (χ4n) is 3.48. The van der Waals surface area contributed by atoms with E-state index in [0.717, 1.165) is 25.1 Å². The number of hydrogen-bond acceptors (Lipinski definition) is 2. The molecule has 0 N–H and O–H groups in total. The highest BCUT2D eigenvalue weighted by Crippen LogP contribution is 2.22. The normalized spacial score (nSPS) is 20.3. The van der Waals surface area contributed by atoms with Crippen molar-refractivity contribution in [3.63, 3.8) is 0 Å². The minimum atomic E-state index is -0.136. The van der Waals surface area contributed by atoms with Gasteiger partial charge in [0.1, 0.15) is 0 Å². The first-order valence-electron chi connectivity index (χ1n) is 8.41. The van der Waals surface area contributed by atoms with Crippen LogP contribution in [0, 0.1) is 18.8 Å². The van der Waals surface area contributed by atoms with Crippen LogP contribution in [0.25, 0.3) is 0 Å². The van der Waals surface area contributed by atoms with Gasteiger partial charge in [-0.1, -0.05) is 35.7 Å². The summed E-state index contributed by atoms with van der Waals surface area (Å²) < 4.78 is 0. The molecule has 126 valence electrons. The van der Waals surface area contributed by atoms with Gasteiger partial charge in [0.05, 0.1) is 6.04 Å². The lowest BCUT2D eigenvalue weighted by molar-refractivity contribution is -0.124. The van der Waals surface area contributed by atoms with Crippen molar-refractivity contribution in [2.24, 2.45) is 0 Å². The summed E-state index contributed by atoms with van der Waals surface area (Å²) >= 11 is 0. The molecular weight excluding hydrogens is 302 g/mol. The van der Waals surface area contributed by atoms with E-state index >= 15 is 0 Å². The van der Waals surface area contributed by atoms with Crippen molar-refractivity contribution in [2.75, 3.05) is 26.2 Å². The van der Waals surface area contributed by atoms with Gasteiger partial charge in [-0.2, -0.15) is 0 Å². The van der Waals surface area contributed by atoms with Gasteiger partial charge < -0.3 is 14.7 Å². The molecule has 0 radical (unpaired) electrons. The molecule has 3 amide bonds. The Morgan fingerprint density at radius 1 is 1.29 bits per heavy atom. The van der Waals surface area contributed by atoms with Crippen LogP contribution >= 0.6 is 0 Å². The Hall–Kier alpha value is -2.48. The van der Waals surface area contributed by atoms with E-state index in [-0.39, 0.29) is 18.0 Å². The quantitative estimate of drug-likeness (QED) is 0.796. The monoisotopic (exact) mass is 325 g/mol. The van der Waals surface area contributed by atoms with Crippen molar-refractivity contribution < 1.29 is 9.59 Å². The maximum absolute atomic E-state index is 12.7. The fourth-order valence-corrected chi connectivity index (χ4v) is 3.48. The fraction of sp³-hybridized carbons (Fsp3) is 0.474. The Kier molecular flexibility index (Phi) is 4.75. The Balaban J connectivity index is 1.60. The first kappa shape index (κ1) is 16.4. The van der Waals surface area contributed by atoms with Crippen molar-refractivity contribution in [3.05, 3.63) is 35.4 Å². The minimum Gasteiger partial charge on any atom is -0.330 e. The van der Waals surface area contributed by atoms with E-state index in [2.05, 4.69) is 37.0 Å². The molecule has 5 nitrogen and oxygen atoms in total. The topological polar surface area (TPSA) is 43.9 Å². The van der Waals surface area contributed by atoms with Gasteiger partial charge in [-0.15, -0.1) is 0 Å². The van der Waals surface area contributed by atoms with E-state index in [1.54, 1.807) is 11.8 Å². The van der Waals surface area contributed by atoms with E-state index in [4.69, 9.17) is 0 Å². The van der Waals surface area contributed by atoms with Crippen LogP contribution in [0.4, 0.5) is 4.79 Å². The van der Waals surface area contributed by atoms with Crippen LogP contribution in [0.5, 0.6) is 0 Å². The molecule has 24 heavy (non-hydrogen) atoms. The zero-order chi connectivity index (χ0) is 17.1. The molecule has 1 unspecified atom stereocenters. The van der Waals surface area contributed by atoms with Crippen LogP contribution in [-0.2, 0) is 11.3 Å². The molecule has 2 saturated heterocycles. The number of benzene rings is 1. The molecule has 1 aromatic carbocycles. The Morgan fingerprint density at radius 2 is 2.12 bits per heavy atom. The lowest BCUT2D eigenvalue weighted by Gasteiger charge is -2.24. The van der Waals surface area contributed by atoms with Crippen LogP contribution < -0.4 is 0 Å². The average molecular weight is 325 g/mol. The van der Waals surface area contributed by atoms with Crippen LogP contribution in [0.2, 0.25) is 0 Å². The number of hydrogen-bond donors (Lipinski definition) is 0. The summed E-state index contributed by atoms with van der Waals surface area (Å²) in [6, 6.07) is 8.46. The molecule has 1 aromatic rings. The van der Waals surface area contributed by atoms with Gasteiger partial charge in [-0.05, 0) is 31.8 Å².